The monoisotopic (exact) mass is 472 g/mol. The van der Waals surface area contributed by atoms with Crippen LogP contribution in [0, 0.1) is 0 Å². The Morgan fingerprint density at radius 3 is 2.62 bits per heavy atom. The summed E-state index contributed by atoms with van der Waals surface area (Å²) in [5.41, 5.74) is 1.46. The first-order valence-electron chi connectivity index (χ1n) is 9.48. The minimum Gasteiger partial charge on any atom is -0.497 e. The number of carbonyl (C=O) groups is 1. The van der Waals surface area contributed by atoms with Gasteiger partial charge in [0.15, 0.2) is 20.7 Å². The maximum Gasteiger partial charge on any atom is 0.293 e. The van der Waals surface area contributed by atoms with E-state index in [1.54, 1.807) is 44.6 Å². The maximum atomic E-state index is 12.6. The highest BCUT2D eigenvalue weighted by Gasteiger charge is 2.16. The molecule has 166 valence electrons. The number of nitrogens with one attached hydrogen (secondary N) is 1. The molecule has 0 atom stereocenters. The Balaban J connectivity index is 1.51. The predicted octanol–water partition coefficient (Wildman–Crippen LogP) is 4.15. The SMILES string of the molecule is COc1ccc(OC)c(Cc2ccc(C(=O)Nc3nc4ccc(S(C)(=O)=O)cc4s3)o2)c1. The van der Waals surface area contributed by atoms with Gasteiger partial charge in [-0.05, 0) is 48.5 Å². The summed E-state index contributed by atoms with van der Waals surface area (Å²) in [6, 6.07) is 13.4. The Hall–Kier alpha value is -3.37. The van der Waals surface area contributed by atoms with Gasteiger partial charge in [-0.1, -0.05) is 11.3 Å². The van der Waals surface area contributed by atoms with Gasteiger partial charge in [0.05, 0.1) is 29.3 Å². The number of benzene rings is 2. The fourth-order valence-corrected chi connectivity index (χ4v) is 4.77. The molecule has 1 N–H and O–H groups in total. The lowest BCUT2D eigenvalue weighted by Gasteiger charge is -2.09. The molecular weight excluding hydrogens is 452 g/mol. The van der Waals surface area contributed by atoms with Gasteiger partial charge in [0.1, 0.15) is 17.3 Å². The molecule has 0 spiro atoms. The molecule has 0 unspecified atom stereocenters. The lowest BCUT2D eigenvalue weighted by Crippen LogP contribution is -2.10. The van der Waals surface area contributed by atoms with E-state index in [-0.39, 0.29) is 10.7 Å². The van der Waals surface area contributed by atoms with E-state index in [2.05, 4.69) is 10.3 Å². The quantitative estimate of drug-likeness (QED) is 0.430. The van der Waals surface area contributed by atoms with Crippen molar-refractivity contribution in [3.63, 3.8) is 0 Å². The molecule has 0 aliphatic heterocycles. The van der Waals surface area contributed by atoms with Crippen LogP contribution in [0.25, 0.3) is 10.2 Å². The van der Waals surface area contributed by atoms with Crippen LogP contribution in [0.2, 0.25) is 0 Å². The van der Waals surface area contributed by atoms with Crippen LogP contribution in [0.5, 0.6) is 11.5 Å². The lowest BCUT2D eigenvalue weighted by atomic mass is 10.1. The molecule has 0 fully saturated rings. The van der Waals surface area contributed by atoms with Crippen molar-refractivity contribution in [2.45, 2.75) is 11.3 Å². The Morgan fingerprint density at radius 2 is 1.91 bits per heavy atom. The summed E-state index contributed by atoms with van der Waals surface area (Å²) in [5.74, 6) is 1.66. The second kappa shape index (κ2) is 8.64. The molecule has 2 heterocycles. The first kappa shape index (κ1) is 21.8. The van der Waals surface area contributed by atoms with E-state index in [0.29, 0.717) is 39.0 Å². The molecule has 8 nitrogen and oxygen atoms in total. The fourth-order valence-electron chi connectivity index (χ4n) is 3.15. The van der Waals surface area contributed by atoms with Gasteiger partial charge in [0, 0.05) is 18.2 Å². The highest BCUT2D eigenvalue weighted by atomic mass is 32.2. The van der Waals surface area contributed by atoms with Crippen LogP contribution in [0.3, 0.4) is 0 Å². The van der Waals surface area contributed by atoms with Gasteiger partial charge >= 0.3 is 0 Å². The van der Waals surface area contributed by atoms with Gasteiger partial charge < -0.3 is 13.9 Å². The van der Waals surface area contributed by atoms with Gasteiger partial charge in [0.2, 0.25) is 0 Å². The number of sulfone groups is 1. The highest BCUT2D eigenvalue weighted by molar-refractivity contribution is 7.90. The molecular formula is C22H20N2O6S2. The van der Waals surface area contributed by atoms with Gasteiger partial charge in [0.25, 0.3) is 5.91 Å². The van der Waals surface area contributed by atoms with E-state index in [9.17, 15) is 13.2 Å². The average molecular weight is 473 g/mol. The van der Waals surface area contributed by atoms with Gasteiger partial charge in [-0.25, -0.2) is 13.4 Å². The number of aromatic nitrogens is 1. The largest absolute Gasteiger partial charge is 0.497 e. The molecule has 0 bridgehead atoms. The Bertz CT molecular complexity index is 1410. The molecule has 10 heteroatoms. The van der Waals surface area contributed by atoms with Crippen molar-refractivity contribution in [3.8, 4) is 11.5 Å². The van der Waals surface area contributed by atoms with Crippen molar-refractivity contribution >= 4 is 42.4 Å². The number of carbonyl (C=O) groups excluding carboxylic acids is 1. The average Bonchev–Trinajstić information content (AvgIpc) is 3.38. The number of rotatable bonds is 7. The van der Waals surface area contributed by atoms with Crippen LogP contribution in [-0.2, 0) is 16.3 Å². The van der Waals surface area contributed by atoms with Crippen LogP contribution < -0.4 is 14.8 Å². The zero-order valence-corrected chi connectivity index (χ0v) is 19.2. The summed E-state index contributed by atoms with van der Waals surface area (Å²) in [6.07, 6.45) is 1.57. The predicted molar refractivity (Wildman–Crippen MR) is 122 cm³/mol. The van der Waals surface area contributed by atoms with E-state index in [1.807, 2.05) is 12.1 Å². The third-order valence-electron chi connectivity index (χ3n) is 4.75. The van der Waals surface area contributed by atoms with Crippen LogP contribution in [0.4, 0.5) is 5.13 Å². The number of methoxy groups -OCH3 is 2. The number of fused-ring (bicyclic) bond motifs is 1. The van der Waals surface area contributed by atoms with E-state index in [4.69, 9.17) is 13.9 Å². The van der Waals surface area contributed by atoms with E-state index in [1.165, 1.54) is 17.4 Å². The number of ether oxygens (including phenoxy) is 2. The van der Waals surface area contributed by atoms with Gasteiger partial charge in [-0.2, -0.15) is 0 Å². The van der Waals surface area contributed by atoms with Crippen molar-refractivity contribution in [2.75, 3.05) is 25.8 Å². The van der Waals surface area contributed by atoms with E-state index in [0.717, 1.165) is 11.8 Å². The molecule has 32 heavy (non-hydrogen) atoms. The van der Waals surface area contributed by atoms with Crippen molar-refractivity contribution < 1.29 is 27.1 Å². The molecule has 2 aromatic heterocycles. The van der Waals surface area contributed by atoms with Crippen LogP contribution in [0.1, 0.15) is 21.9 Å². The number of hydrogen-bond donors (Lipinski definition) is 1. The third-order valence-corrected chi connectivity index (χ3v) is 6.79. The second-order valence-corrected chi connectivity index (χ2v) is 10.0. The first-order valence-corrected chi connectivity index (χ1v) is 12.2. The normalized spacial score (nSPS) is 11.5. The van der Waals surface area contributed by atoms with Crippen LogP contribution in [-0.4, -0.2) is 39.8 Å². The zero-order valence-electron chi connectivity index (χ0n) is 17.5. The third kappa shape index (κ3) is 4.61. The number of nitrogens with zero attached hydrogens (tertiary/aromatic N) is 1. The van der Waals surface area contributed by atoms with Crippen molar-refractivity contribution in [3.05, 3.63) is 65.6 Å². The molecule has 0 radical (unpaired) electrons. The number of furan rings is 1. The minimum absolute atomic E-state index is 0.137. The second-order valence-electron chi connectivity index (χ2n) is 7.00. The number of amides is 1. The summed E-state index contributed by atoms with van der Waals surface area (Å²) in [6.45, 7) is 0. The first-order chi connectivity index (χ1) is 15.3. The van der Waals surface area contributed by atoms with Gasteiger partial charge in [-0.3, -0.25) is 10.1 Å². The molecule has 1 amide bonds. The molecule has 0 saturated heterocycles. The minimum atomic E-state index is -3.32. The lowest BCUT2D eigenvalue weighted by molar-refractivity contribution is 0.0995. The number of hydrogen-bond acceptors (Lipinski definition) is 8. The highest BCUT2D eigenvalue weighted by Crippen LogP contribution is 2.29. The Kier molecular flexibility index (Phi) is 5.90. The number of anilines is 1. The zero-order chi connectivity index (χ0) is 22.9. The smallest absolute Gasteiger partial charge is 0.293 e. The maximum absolute atomic E-state index is 12.6. The summed E-state index contributed by atoms with van der Waals surface area (Å²) in [5, 5.41) is 3.05. The van der Waals surface area contributed by atoms with Crippen LogP contribution >= 0.6 is 11.3 Å². The van der Waals surface area contributed by atoms with Crippen molar-refractivity contribution in [1.29, 1.82) is 0 Å². The molecule has 4 rings (SSSR count). The molecule has 4 aromatic rings. The topological polar surface area (TPSA) is 108 Å². The fraction of sp³-hybridized carbons (Fsp3) is 0.182. The summed E-state index contributed by atoms with van der Waals surface area (Å²) >= 11 is 1.19. The Labute approximate surface area is 188 Å². The summed E-state index contributed by atoms with van der Waals surface area (Å²) in [7, 11) is -0.149. The van der Waals surface area contributed by atoms with Gasteiger partial charge in [-0.15, -0.1) is 0 Å². The van der Waals surface area contributed by atoms with Crippen molar-refractivity contribution in [1.82, 2.24) is 4.98 Å². The molecule has 0 aliphatic rings. The summed E-state index contributed by atoms with van der Waals surface area (Å²) in [4.78, 5) is 17.2. The molecule has 0 saturated carbocycles. The van der Waals surface area contributed by atoms with Crippen LogP contribution in [0.15, 0.2) is 57.8 Å². The van der Waals surface area contributed by atoms with Crippen molar-refractivity contribution in [2.24, 2.45) is 0 Å². The van der Waals surface area contributed by atoms with E-state index >= 15 is 0 Å². The standard InChI is InChI=1S/C22H20N2O6S2/c1-28-14-4-8-18(29-2)13(10-14)11-15-5-9-19(30-15)21(25)24-22-23-17-7-6-16(32(3,26)27)12-20(17)31-22/h4-10,12H,11H2,1-3H3,(H,23,24,25). The van der Waals surface area contributed by atoms with E-state index < -0.39 is 15.7 Å². The Morgan fingerprint density at radius 1 is 1.09 bits per heavy atom. The number of thiazole rings is 1. The molecule has 2 aromatic carbocycles. The molecule has 0 aliphatic carbocycles. The summed E-state index contributed by atoms with van der Waals surface area (Å²) < 4.78 is 40.5.